The summed E-state index contributed by atoms with van der Waals surface area (Å²) in [6, 6.07) is 8.91. The van der Waals surface area contributed by atoms with Crippen molar-refractivity contribution < 1.29 is 14.9 Å². The van der Waals surface area contributed by atoms with Gasteiger partial charge in [-0.25, -0.2) is 0 Å². The first-order valence-corrected chi connectivity index (χ1v) is 13.2. The number of ether oxygens (including phenoxy) is 1. The van der Waals surface area contributed by atoms with Gasteiger partial charge >= 0.3 is 0 Å². The molecule has 34 heavy (non-hydrogen) atoms. The Morgan fingerprint density at radius 2 is 1.65 bits per heavy atom. The van der Waals surface area contributed by atoms with E-state index in [-0.39, 0.29) is 11.8 Å². The summed E-state index contributed by atoms with van der Waals surface area (Å²) < 4.78 is 8.01. The normalized spacial score (nSPS) is 20.0. The average Bonchev–Trinajstić information content (AvgIpc) is 3.40. The SMILES string of the molecule is Cc1c(NC2CCC2)c(O)n(CCCN2CCN(c3ccccc3OC3CCCC3)CC2)c1O. The highest BCUT2D eigenvalue weighted by molar-refractivity contribution is 5.65. The molecule has 2 heterocycles. The Morgan fingerprint density at radius 1 is 0.912 bits per heavy atom. The Bertz CT molecular complexity index is 957. The second kappa shape index (κ2) is 10.4. The molecule has 1 aromatic carbocycles. The Kier molecular flexibility index (Phi) is 7.09. The molecule has 0 spiro atoms. The molecule has 1 aromatic heterocycles. The summed E-state index contributed by atoms with van der Waals surface area (Å²) in [6.45, 7) is 7.43. The maximum atomic E-state index is 10.7. The van der Waals surface area contributed by atoms with E-state index in [1.54, 1.807) is 4.57 Å². The molecule has 7 nitrogen and oxygen atoms in total. The fourth-order valence-corrected chi connectivity index (χ4v) is 5.53. The van der Waals surface area contributed by atoms with Gasteiger partial charge in [0, 0.05) is 44.3 Å². The first-order chi connectivity index (χ1) is 16.6. The Morgan fingerprint density at radius 3 is 2.35 bits per heavy atom. The topological polar surface area (TPSA) is 73.1 Å². The van der Waals surface area contributed by atoms with Gasteiger partial charge in [-0.1, -0.05) is 12.1 Å². The molecule has 0 amide bonds. The van der Waals surface area contributed by atoms with Crippen LogP contribution >= 0.6 is 0 Å². The third-order valence-electron chi connectivity index (χ3n) is 7.93. The molecule has 2 aliphatic carbocycles. The third kappa shape index (κ3) is 4.95. The molecule has 186 valence electrons. The lowest BCUT2D eigenvalue weighted by atomic mass is 9.93. The predicted molar refractivity (Wildman–Crippen MR) is 136 cm³/mol. The van der Waals surface area contributed by atoms with Gasteiger partial charge < -0.3 is 25.2 Å². The molecule has 7 heteroatoms. The Balaban J connectivity index is 1.11. The molecule has 0 radical (unpaired) electrons. The number of benzene rings is 1. The number of para-hydroxylation sites is 2. The number of hydrogen-bond donors (Lipinski definition) is 3. The number of aromatic nitrogens is 1. The quantitative estimate of drug-likeness (QED) is 0.495. The van der Waals surface area contributed by atoms with E-state index in [9.17, 15) is 10.2 Å². The molecule has 3 fully saturated rings. The van der Waals surface area contributed by atoms with Crippen molar-refractivity contribution in [3.8, 4) is 17.5 Å². The van der Waals surface area contributed by atoms with Gasteiger partial charge in [-0.15, -0.1) is 0 Å². The average molecular weight is 469 g/mol. The van der Waals surface area contributed by atoms with Gasteiger partial charge in [-0.2, -0.15) is 0 Å². The Hall–Kier alpha value is -2.54. The van der Waals surface area contributed by atoms with E-state index in [0.717, 1.165) is 63.3 Å². The highest BCUT2D eigenvalue weighted by atomic mass is 16.5. The summed E-state index contributed by atoms with van der Waals surface area (Å²) in [4.78, 5) is 4.93. The smallest absolute Gasteiger partial charge is 0.218 e. The summed E-state index contributed by atoms with van der Waals surface area (Å²) in [7, 11) is 0. The lowest BCUT2D eigenvalue weighted by Crippen LogP contribution is -2.46. The minimum Gasteiger partial charge on any atom is -0.494 e. The highest BCUT2D eigenvalue weighted by Gasteiger charge is 2.25. The van der Waals surface area contributed by atoms with Crippen molar-refractivity contribution in [2.24, 2.45) is 0 Å². The second-order valence-corrected chi connectivity index (χ2v) is 10.2. The van der Waals surface area contributed by atoms with Crippen LogP contribution in [0.15, 0.2) is 24.3 Å². The van der Waals surface area contributed by atoms with E-state index in [0.29, 0.717) is 24.4 Å². The van der Waals surface area contributed by atoms with Crippen LogP contribution in [0, 0.1) is 6.92 Å². The zero-order chi connectivity index (χ0) is 23.5. The van der Waals surface area contributed by atoms with Crippen LogP contribution in [0.4, 0.5) is 11.4 Å². The van der Waals surface area contributed by atoms with Gasteiger partial charge in [0.15, 0.2) is 5.88 Å². The van der Waals surface area contributed by atoms with Crippen molar-refractivity contribution in [2.75, 3.05) is 42.9 Å². The van der Waals surface area contributed by atoms with Crippen molar-refractivity contribution in [1.82, 2.24) is 9.47 Å². The molecule has 1 saturated heterocycles. The highest BCUT2D eigenvalue weighted by Crippen LogP contribution is 2.40. The standard InChI is InChI=1S/C27H40N4O3/c1-20-25(28-21-8-6-9-21)27(33)31(26(20)32)15-7-14-29-16-18-30(19-17-29)23-12-4-5-13-24(23)34-22-10-2-3-11-22/h4-5,12-13,21-22,28,32-33H,2-3,6-11,14-19H2,1H3. The molecule has 3 N–H and O–H groups in total. The van der Waals surface area contributed by atoms with E-state index in [4.69, 9.17) is 4.74 Å². The molecule has 0 unspecified atom stereocenters. The number of hydrogen-bond acceptors (Lipinski definition) is 6. The van der Waals surface area contributed by atoms with Crippen LogP contribution in [0.25, 0.3) is 0 Å². The van der Waals surface area contributed by atoms with Crippen LogP contribution in [-0.2, 0) is 6.54 Å². The number of nitrogens with one attached hydrogen (secondary N) is 1. The van der Waals surface area contributed by atoms with Crippen LogP contribution in [0.1, 0.15) is 56.9 Å². The van der Waals surface area contributed by atoms with Crippen LogP contribution in [0.2, 0.25) is 0 Å². The molecule has 0 atom stereocenters. The summed E-state index contributed by atoms with van der Waals surface area (Å²) in [5.74, 6) is 1.39. The fraction of sp³-hybridized carbons (Fsp3) is 0.630. The second-order valence-electron chi connectivity index (χ2n) is 10.2. The van der Waals surface area contributed by atoms with Crippen LogP contribution in [0.3, 0.4) is 0 Å². The van der Waals surface area contributed by atoms with Gasteiger partial charge in [0.2, 0.25) is 5.88 Å². The third-order valence-corrected chi connectivity index (χ3v) is 7.93. The van der Waals surface area contributed by atoms with Gasteiger partial charge in [0.1, 0.15) is 11.4 Å². The molecular formula is C27H40N4O3. The molecule has 0 bridgehead atoms. The zero-order valence-corrected chi connectivity index (χ0v) is 20.5. The van der Waals surface area contributed by atoms with E-state index in [2.05, 4.69) is 39.4 Å². The number of piperazine rings is 1. The molecule has 2 aromatic rings. The van der Waals surface area contributed by atoms with E-state index >= 15 is 0 Å². The monoisotopic (exact) mass is 468 g/mol. The number of anilines is 2. The minimum absolute atomic E-state index is 0.172. The van der Waals surface area contributed by atoms with E-state index in [1.807, 2.05) is 6.92 Å². The van der Waals surface area contributed by atoms with Crippen molar-refractivity contribution >= 4 is 11.4 Å². The minimum atomic E-state index is 0.172. The first kappa shape index (κ1) is 23.2. The van der Waals surface area contributed by atoms with Crippen molar-refractivity contribution in [3.63, 3.8) is 0 Å². The maximum Gasteiger partial charge on any atom is 0.218 e. The first-order valence-electron chi connectivity index (χ1n) is 13.2. The molecule has 1 aliphatic heterocycles. The molecular weight excluding hydrogens is 428 g/mol. The molecule has 3 aliphatic rings. The van der Waals surface area contributed by atoms with Crippen molar-refractivity contribution in [2.45, 2.75) is 77.0 Å². The Labute approximate surface area is 203 Å². The number of rotatable bonds is 9. The fourth-order valence-electron chi connectivity index (χ4n) is 5.53. The lowest BCUT2D eigenvalue weighted by Gasteiger charge is -2.37. The van der Waals surface area contributed by atoms with Gasteiger partial charge in [0.25, 0.3) is 0 Å². The largest absolute Gasteiger partial charge is 0.494 e. The van der Waals surface area contributed by atoms with E-state index < -0.39 is 0 Å². The van der Waals surface area contributed by atoms with Crippen molar-refractivity contribution in [1.29, 1.82) is 0 Å². The van der Waals surface area contributed by atoms with Gasteiger partial charge in [0.05, 0.1) is 11.8 Å². The van der Waals surface area contributed by atoms with Crippen LogP contribution < -0.4 is 15.0 Å². The summed E-state index contributed by atoms with van der Waals surface area (Å²) in [5.41, 5.74) is 2.67. The molecule has 2 saturated carbocycles. The van der Waals surface area contributed by atoms with Crippen LogP contribution in [-0.4, -0.2) is 64.5 Å². The summed E-state index contributed by atoms with van der Waals surface area (Å²) in [5, 5.41) is 24.7. The van der Waals surface area contributed by atoms with Crippen molar-refractivity contribution in [3.05, 3.63) is 29.8 Å². The number of nitrogens with zero attached hydrogens (tertiary/aromatic N) is 3. The lowest BCUT2D eigenvalue weighted by molar-refractivity contribution is 0.208. The van der Waals surface area contributed by atoms with Gasteiger partial charge in [-0.3, -0.25) is 9.47 Å². The summed E-state index contributed by atoms with van der Waals surface area (Å²) >= 11 is 0. The molecule has 5 rings (SSSR count). The zero-order valence-electron chi connectivity index (χ0n) is 20.5. The predicted octanol–water partition coefficient (Wildman–Crippen LogP) is 4.71. The van der Waals surface area contributed by atoms with Gasteiger partial charge in [-0.05, 0) is 77.0 Å². The van der Waals surface area contributed by atoms with Crippen LogP contribution in [0.5, 0.6) is 17.5 Å². The maximum absolute atomic E-state index is 10.7. The van der Waals surface area contributed by atoms with E-state index in [1.165, 1.54) is 37.8 Å². The summed E-state index contributed by atoms with van der Waals surface area (Å²) in [6.07, 6.45) is 9.66. The number of aromatic hydroxyl groups is 2.